The Hall–Kier alpha value is -2.62. The summed E-state index contributed by atoms with van der Waals surface area (Å²) < 4.78 is 0. The number of hydrogen-bond donors (Lipinski definition) is 0. The summed E-state index contributed by atoms with van der Waals surface area (Å²) >= 11 is 0. The Morgan fingerprint density at radius 1 is 1.42 bits per heavy atom. The van der Waals surface area contributed by atoms with E-state index in [0.717, 1.165) is 43.4 Å². The van der Waals surface area contributed by atoms with Crippen LogP contribution in [0, 0.1) is 21.4 Å². The predicted molar refractivity (Wildman–Crippen MR) is 97.8 cm³/mol. The number of nitrogens with zero attached hydrogens (tertiary/aromatic N) is 4. The summed E-state index contributed by atoms with van der Waals surface area (Å²) in [6, 6.07) is 7.28. The summed E-state index contributed by atoms with van der Waals surface area (Å²) in [4.78, 5) is 27.1. The van der Waals surface area contributed by atoms with Gasteiger partial charge in [-0.05, 0) is 37.8 Å². The van der Waals surface area contributed by atoms with Gasteiger partial charge in [0, 0.05) is 30.9 Å². The van der Waals surface area contributed by atoms with Crippen molar-refractivity contribution in [2.75, 3.05) is 18.5 Å². The van der Waals surface area contributed by atoms with Crippen molar-refractivity contribution in [1.29, 1.82) is 5.26 Å². The fraction of sp³-hybridized carbons (Fsp3) is 0.579. The molecule has 1 amide bonds. The lowest BCUT2D eigenvalue weighted by atomic mass is 9.81. The second-order valence-corrected chi connectivity index (χ2v) is 7.41. The Morgan fingerprint density at radius 2 is 2.12 bits per heavy atom. The number of nitriles is 1. The molecule has 0 aromatic heterocycles. The molecule has 1 fully saturated rings. The molecule has 7 heteroatoms. The zero-order valence-electron chi connectivity index (χ0n) is 15.3. The Labute approximate surface area is 153 Å². The molecule has 1 unspecified atom stereocenters. The van der Waals surface area contributed by atoms with E-state index in [1.54, 1.807) is 24.1 Å². The summed E-state index contributed by atoms with van der Waals surface area (Å²) in [6.45, 7) is 2.20. The van der Waals surface area contributed by atoms with Gasteiger partial charge in [0.1, 0.15) is 5.54 Å². The average molecular weight is 356 g/mol. The van der Waals surface area contributed by atoms with Crippen molar-refractivity contribution in [3.8, 4) is 6.07 Å². The van der Waals surface area contributed by atoms with Crippen molar-refractivity contribution < 1.29 is 9.72 Å². The molecule has 1 aliphatic carbocycles. The number of rotatable bonds is 4. The molecule has 7 nitrogen and oxygen atoms in total. The van der Waals surface area contributed by atoms with Gasteiger partial charge in [0.15, 0.2) is 0 Å². The van der Waals surface area contributed by atoms with Crippen molar-refractivity contribution in [3.63, 3.8) is 0 Å². The van der Waals surface area contributed by atoms with Gasteiger partial charge >= 0.3 is 0 Å². The quantitative estimate of drug-likeness (QED) is 0.611. The molecule has 0 spiro atoms. The second kappa shape index (κ2) is 6.94. The van der Waals surface area contributed by atoms with E-state index in [9.17, 15) is 20.2 Å². The maximum atomic E-state index is 12.9. The Bertz CT molecular complexity index is 765. The SMILES string of the molecule is CC1Cc2cc([N+](=O)[O-])ccc2N1CC(=O)N(C)C1(C#N)CCCCC1. The summed E-state index contributed by atoms with van der Waals surface area (Å²) in [6.07, 6.45) is 5.18. The van der Waals surface area contributed by atoms with Gasteiger partial charge in [-0.2, -0.15) is 5.26 Å². The first-order valence-electron chi connectivity index (χ1n) is 9.10. The molecule has 1 saturated carbocycles. The van der Waals surface area contributed by atoms with Crippen molar-refractivity contribution in [1.82, 2.24) is 4.90 Å². The lowest BCUT2D eigenvalue weighted by molar-refractivity contribution is -0.384. The van der Waals surface area contributed by atoms with Gasteiger partial charge in [-0.1, -0.05) is 19.3 Å². The fourth-order valence-corrected chi connectivity index (χ4v) is 4.19. The van der Waals surface area contributed by atoms with E-state index >= 15 is 0 Å². The molecule has 0 radical (unpaired) electrons. The molecule has 0 N–H and O–H groups in total. The van der Waals surface area contributed by atoms with E-state index in [1.807, 2.05) is 11.8 Å². The molecular weight excluding hydrogens is 332 g/mol. The molecule has 1 aromatic carbocycles. The number of benzene rings is 1. The number of likely N-dealkylation sites (N-methyl/N-ethyl adjacent to an activating group) is 1. The van der Waals surface area contributed by atoms with Crippen molar-refractivity contribution in [2.24, 2.45) is 0 Å². The number of anilines is 1. The first-order valence-corrected chi connectivity index (χ1v) is 9.10. The molecule has 1 heterocycles. The summed E-state index contributed by atoms with van der Waals surface area (Å²) in [5.41, 5.74) is 1.15. The van der Waals surface area contributed by atoms with Crippen LogP contribution in [0.1, 0.15) is 44.6 Å². The van der Waals surface area contributed by atoms with Crippen LogP contribution >= 0.6 is 0 Å². The highest BCUT2D eigenvalue weighted by Crippen LogP contribution is 2.36. The molecule has 26 heavy (non-hydrogen) atoms. The van der Waals surface area contributed by atoms with Crippen LogP contribution in [0.2, 0.25) is 0 Å². The molecule has 3 rings (SSSR count). The predicted octanol–water partition coefficient (Wildman–Crippen LogP) is 3.03. The number of carbonyl (C=O) groups is 1. The molecule has 1 atom stereocenters. The first-order chi connectivity index (χ1) is 12.4. The number of non-ortho nitro benzene ring substituents is 1. The van der Waals surface area contributed by atoms with Gasteiger partial charge in [0.2, 0.25) is 5.91 Å². The van der Waals surface area contributed by atoms with Crippen LogP contribution in [0.5, 0.6) is 0 Å². The van der Waals surface area contributed by atoms with Gasteiger partial charge in [-0.15, -0.1) is 0 Å². The van der Waals surface area contributed by atoms with Crippen molar-refractivity contribution >= 4 is 17.3 Å². The number of amides is 1. The number of fused-ring (bicyclic) bond motifs is 1. The van der Waals surface area contributed by atoms with Gasteiger partial charge < -0.3 is 9.80 Å². The highest BCUT2D eigenvalue weighted by atomic mass is 16.6. The maximum absolute atomic E-state index is 12.9. The van der Waals surface area contributed by atoms with Crippen LogP contribution in [0.15, 0.2) is 18.2 Å². The average Bonchev–Trinajstić information content (AvgIpc) is 2.96. The van der Waals surface area contributed by atoms with E-state index in [4.69, 9.17) is 0 Å². The van der Waals surface area contributed by atoms with Gasteiger partial charge in [0.25, 0.3) is 5.69 Å². The number of carbonyl (C=O) groups excluding carboxylic acids is 1. The number of hydrogen-bond acceptors (Lipinski definition) is 5. The maximum Gasteiger partial charge on any atom is 0.269 e. The summed E-state index contributed by atoms with van der Waals surface area (Å²) in [5, 5.41) is 20.7. The Morgan fingerprint density at radius 3 is 2.73 bits per heavy atom. The number of nitro benzene ring substituents is 1. The largest absolute Gasteiger partial charge is 0.359 e. The highest BCUT2D eigenvalue weighted by Gasteiger charge is 2.40. The molecule has 1 aliphatic heterocycles. The smallest absolute Gasteiger partial charge is 0.269 e. The van der Waals surface area contributed by atoms with Crippen molar-refractivity contribution in [2.45, 2.75) is 57.0 Å². The van der Waals surface area contributed by atoms with E-state index in [1.165, 1.54) is 6.07 Å². The molecule has 138 valence electrons. The highest BCUT2D eigenvalue weighted by molar-refractivity contribution is 5.83. The summed E-state index contributed by atoms with van der Waals surface area (Å²) in [5.74, 6) is -0.0773. The van der Waals surface area contributed by atoms with Gasteiger partial charge in [-0.25, -0.2) is 0 Å². The minimum absolute atomic E-state index is 0.0758. The molecule has 0 saturated heterocycles. The van der Waals surface area contributed by atoms with E-state index in [-0.39, 0.29) is 24.2 Å². The topological polar surface area (TPSA) is 90.5 Å². The third-order valence-electron chi connectivity index (χ3n) is 5.84. The zero-order valence-corrected chi connectivity index (χ0v) is 15.3. The Balaban J connectivity index is 1.78. The monoisotopic (exact) mass is 356 g/mol. The fourth-order valence-electron chi connectivity index (χ4n) is 4.19. The van der Waals surface area contributed by atoms with E-state index in [0.29, 0.717) is 6.42 Å². The summed E-state index contributed by atoms with van der Waals surface area (Å²) in [7, 11) is 1.73. The third-order valence-corrected chi connectivity index (χ3v) is 5.84. The van der Waals surface area contributed by atoms with Gasteiger partial charge in [0.05, 0.1) is 17.5 Å². The van der Waals surface area contributed by atoms with Gasteiger partial charge in [-0.3, -0.25) is 14.9 Å². The van der Waals surface area contributed by atoms with E-state index < -0.39 is 10.5 Å². The zero-order chi connectivity index (χ0) is 18.9. The van der Waals surface area contributed by atoms with Crippen LogP contribution in [-0.4, -0.2) is 40.9 Å². The molecular formula is C19H24N4O3. The molecule has 2 aliphatic rings. The molecule has 1 aromatic rings. The van der Waals surface area contributed by atoms with E-state index in [2.05, 4.69) is 6.07 Å². The van der Waals surface area contributed by atoms with Crippen molar-refractivity contribution in [3.05, 3.63) is 33.9 Å². The van der Waals surface area contributed by atoms with Crippen LogP contribution in [0.4, 0.5) is 11.4 Å². The number of nitro groups is 1. The van der Waals surface area contributed by atoms with Crippen LogP contribution in [0.3, 0.4) is 0 Å². The second-order valence-electron chi connectivity index (χ2n) is 7.41. The lowest BCUT2D eigenvalue weighted by Gasteiger charge is -2.40. The Kier molecular flexibility index (Phi) is 4.86. The lowest BCUT2D eigenvalue weighted by Crippen LogP contribution is -2.53. The minimum Gasteiger partial charge on any atom is -0.359 e. The standard InChI is InChI=1S/C19H24N4O3/c1-14-10-15-11-16(23(25)26)6-7-17(15)22(14)12-18(24)21(2)19(13-20)8-4-3-5-9-19/h6-7,11,14H,3-5,8-10,12H2,1-2H3. The van der Waals surface area contributed by atoms with Crippen LogP contribution < -0.4 is 4.90 Å². The third kappa shape index (κ3) is 3.12. The first kappa shape index (κ1) is 18.2. The van der Waals surface area contributed by atoms with Crippen LogP contribution in [-0.2, 0) is 11.2 Å². The minimum atomic E-state index is -0.698. The van der Waals surface area contributed by atoms with Crippen LogP contribution in [0.25, 0.3) is 0 Å². The normalized spacial score (nSPS) is 21.0. The molecule has 0 bridgehead atoms.